The molecule has 2 heterocycles. The molecule has 126 valence electrons. The standard InChI is InChI=1S/C19H29N3O/c1-15-4-5-16(2)19-18(15)17(14-22(19)9-3-13-23)6-10-21-11-7-20-8-12-21/h4-5,14,20,23H,3,6-13H2,1-2H3. The molecule has 1 aliphatic rings. The second-order valence-electron chi connectivity index (χ2n) is 6.69. The van der Waals surface area contributed by atoms with Gasteiger partial charge in [0.1, 0.15) is 0 Å². The van der Waals surface area contributed by atoms with Crippen molar-refractivity contribution in [2.75, 3.05) is 39.3 Å². The van der Waals surface area contributed by atoms with Gasteiger partial charge in [0.25, 0.3) is 0 Å². The maximum atomic E-state index is 9.18. The molecule has 2 N–H and O–H groups in total. The zero-order valence-electron chi connectivity index (χ0n) is 14.4. The summed E-state index contributed by atoms with van der Waals surface area (Å²) < 4.78 is 2.35. The molecule has 0 bridgehead atoms. The Balaban J connectivity index is 1.87. The molecule has 1 aromatic heterocycles. The molecular formula is C19H29N3O. The van der Waals surface area contributed by atoms with Gasteiger partial charge in [0.15, 0.2) is 0 Å². The Morgan fingerprint density at radius 2 is 1.83 bits per heavy atom. The first-order valence-electron chi connectivity index (χ1n) is 8.82. The molecule has 4 nitrogen and oxygen atoms in total. The maximum Gasteiger partial charge on any atom is 0.0515 e. The highest BCUT2D eigenvalue weighted by Gasteiger charge is 2.15. The van der Waals surface area contributed by atoms with Crippen LogP contribution in [0.4, 0.5) is 0 Å². The second kappa shape index (κ2) is 7.47. The van der Waals surface area contributed by atoms with Crippen LogP contribution in [0, 0.1) is 13.8 Å². The number of aryl methyl sites for hydroxylation is 3. The lowest BCUT2D eigenvalue weighted by Gasteiger charge is -2.27. The van der Waals surface area contributed by atoms with Crippen molar-refractivity contribution in [1.29, 1.82) is 0 Å². The van der Waals surface area contributed by atoms with Gasteiger partial charge in [-0.3, -0.25) is 0 Å². The highest BCUT2D eigenvalue weighted by molar-refractivity contribution is 5.89. The number of piperazine rings is 1. The molecular weight excluding hydrogens is 286 g/mol. The van der Waals surface area contributed by atoms with E-state index < -0.39 is 0 Å². The van der Waals surface area contributed by atoms with Crippen LogP contribution in [0.2, 0.25) is 0 Å². The van der Waals surface area contributed by atoms with Gasteiger partial charge in [-0.25, -0.2) is 0 Å². The normalized spacial score (nSPS) is 16.3. The van der Waals surface area contributed by atoms with E-state index in [0.29, 0.717) is 0 Å². The zero-order valence-corrected chi connectivity index (χ0v) is 14.4. The largest absolute Gasteiger partial charge is 0.396 e. The number of hydrogen-bond donors (Lipinski definition) is 2. The van der Waals surface area contributed by atoms with Crippen LogP contribution in [0.25, 0.3) is 10.9 Å². The highest BCUT2D eigenvalue weighted by atomic mass is 16.3. The van der Waals surface area contributed by atoms with Crippen LogP contribution in [0.5, 0.6) is 0 Å². The molecule has 0 spiro atoms. The van der Waals surface area contributed by atoms with Gasteiger partial charge in [-0.15, -0.1) is 0 Å². The van der Waals surface area contributed by atoms with E-state index in [1.165, 1.54) is 27.6 Å². The number of aliphatic hydroxyl groups is 1. The zero-order chi connectivity index (χ0) is 16.2. The molecule has 3 rings (SSSR count). The van der Waals surface area contributed by atoms with Crippen molar-refractivity contribution >= 4 is 10.9 Å². The summed E-state index contributed by atoms with van der Waals surface area (Å²) in [6.45, 7) is 11.2. The van der Waals surface area contributed by atoms with Gasteiger partial charge in [-0.2, -0.15) is 0 Å². The molecule has 1 fully saturated rings. The first-order valence-corrected chi connectivity index (χ1v) is 8.82. The Morgan fingerprint density at radius 3 is 2.57 bits per heavy atom. The maximum absolute atomic E-state index is 9.18. The number of fused-ring (bicyclic) bond motifs is 1. The Hall–Kier alpha value is -1.36. The van der Waals surface area contributed by atoms with Gasteiger partial charge in [-0.1, -0.05) is 12.1 Å². The van der Waals surface area contributed by atoms with E-state index in [1.54, 1.807) is 0 Å². The van der Waals surface area contributed by atoms with Crippen molar-refractivity contribution in [3.63, 3.8) is 0 Å². The number of benzene rings is 1. The molecule has 0 radical (unpaired) electrons. The molecule has 23 heavy (non-hydrogen) atoms. The number of nitrogens with one attached hydrogen (secondary N) is 1. The number of hydrogen-bond acceptors (Lipinski definition) is 3. The first-order chi connectivity index (χ1) is 11.2. The Kier molecular flexibility index (Phi) is 5.36. The predicted molar refractivity (Wildman–Crippen MR) is 96.1 cm³/mol. The van der Waals surface area contributed by atoms with Gasteiger partial charge in [-0.05, 0) is 43.4 Å². The minimum absolute atomic E-state index is 0.251. The fourth-order valence-electron chi connectivity index (χ4n) is 3.71. The third-order valence-electron chi connectivity index (χ3n) is 4.97. The van der Waals surface area contributed by atoms with Gasteiger partial charge >= 0.3 is 0 Å². The van der Waals surface area contributed by atoms with Crippen molar-refractivity contribution in [3.05, 3.63) is 35.0 Å². The molecule has 0 aliphatic carbocycles. The Labute approximate surface area is 139 Å². The van der Waals surface area contributed by atoms with E-state index in [9.17, 15) is 5.11 Å². The summed E-state index contributed by atoms with van der Waals surface area (Å²) in [5, 5.41) is 14.0. The molecule has 2 aromatic rings. The van der Waals surface area contributed by atoms with Gasteiger partial charge in [0, 0.05) is 57.5 Å². The minimum Gasteiger partial charge on any atom is -0.396 e. The lowest BCUT2D eigenvalue weighted by Crippen LogP contribution is -2.44. The summed E-state index contributed by atoms with van der Waals surface area (Å²) in [5.74, 6) is 0. The summed E-state index contributed by atoms with van der Waals surface area (Å²) in [4.78, 5) is 2.55. The third-order valence-corrected chi connectivity index (χ3v) is 4.97. The van der Waals surface area contributed by atoms with E-state index in [0.717, 1.165) is 52.1 Å². The molecule has 0 atom stereocenters. The van der Waals surface area contributed by atoms with Crippen molar-refractivity contribution in [1.82, 2.24) is 14.8 Å². The summed E-state index contributed by atoms with van der Waals surface area (Å²) in [6, 6.07) is 4.45. The first kappa shape index (κ1) is 16.5. The number of rotatable bonds is 6. The van der Waals surface area contributed by atoms with Crippen molar-refractivity contribution in [2.45, 2.75) is 33.2 Å². The summed E-state index contributed by atoms with van der Waals surface area (Å²) in [7, 11) is 0. The fourth-order valence-corrected chi connectivity index (χ4v) is 3.71. The van der Waals surface area contributed by atoms with E-state index in [2.05, 4.69) is 47.0 Å². The summed E-state index contributed by atoms with van der Waals surface area (Å²) >= 11 is 0. The van der Waals surface area contributed by atoms with Crippen molar-refractivity contribution < 1.29 is 5.11 Å². The van der Waals surface area contributed by atoms with Crippen LogP contribution in [0.15, 0.2) is 18.3 Å². The average molecular weight is 315 g/mol. The van der Waals surface area contributed by atoms with Crippen LogP contribution in [0.3, 0.4) is 0 Å². The van der Waals surface area contributed by atoms with E-state index in [-0.39, 0.29) is 6.61 Å². The predicted octanol–water partition coefficient (Wildman–Crippen LogP) is 2.09. The number of aromatic nitrogens is 1. The van der Waals surface area contributed by atoms with Crippen molar-refractivity contribution in [2.24, 2.45) is 0 Å². The van der Waals surface area contributed by atoms with Gasteiger partial charge in [0.2, 0.25) is 0 Å². The summed E-state index contributed by atoms with van der Waals surface area (Å²) in [5.41, 5.74) is 5.51. The average Bonchev–Trinajstić information content (AvgIpc) is 2.95. The summed E-state index contributed by atoms with van der Waals surface area (Å²) in [6.07, 6.45) is 4.24. The van der Waals surface area contributed by atoms with E-state index in [4.69, 9.17) is 0 Å². The van der Waals surface area contributed by atoms with Gasteiger partial charge in [0.05, 0.1) is 5.52 Å². The molecule has 1 aromatic carbocycles. The molecule has 0 amide bonds. The van der Waals surface area contributed by atoms with Crippen LogP contribution < -0.4 is 5.32 Å². The third kappa shape index (κ3) is 3.60. The fraction of sp³-hybridized carbons (Fsp3) is 0.579. The molecule has 0 saturated carbocycles. The Bertz CT molecular complexity index is 656. The molecule has 1 aliphatic heterocycles. The van der Waals surface area contributed by atoms with E-state index >= 15 is 0 Å². The smallest absolute Gasteiger partial charge is 0.0515 e. The highest BCUT2D eigenvalue weighted by Crippen LogP contribution is 2.28. The van der Waals surface area contributed by atoms with Crippen LogP contribution in [0.1, 0.15) is 23.1 Å². The van der Waals surface area contributed by atoms with E-state index in [1.807, 2.05) is 0 Å². The van der Waals surface area contributed by atoms with Crippen LogP contribution in [-0.4, -0.2) is 53.9 Å². The lowest BCUT2D eigenvalue weighted by molar-refractivity contribution is 0.244. The number of nitrogens with zero attached hydrogens (tertiary/aromatic N) is 2. The molecule has 4 heteroatoms. The second-order valence-corrected chi connectivity index (χ2v) is 6.69. The SMILES string of the molecule is Cc1ccc(C)c2c1c(CCN1CCNCC1)cn2CCCO. The molecule has 1 saturated heterocycles. The van der Waals surface area contributed by atoms with Crippen LogP contribution >= 0.6 is 0 Å². The quantitative estimate of drug-likeness (QED) is 0.857. The number of aliphatic hydroxyl groups excluding tert-OH is 1. The van der Waals surface area contributed by atoms with Gasteiger partial charge < -0.3 is 19.9 Å². The van der Waals surface area contributed by atoms with Crippen LogP contribution in [-0.2, 0) is 13.0 Å². The Morgan fingerprint density at radius 1 is 1.09 bits per heavy atom. The molecule has 0 unspecified atom stereocenters. The topological polar surface area (TPSA) is 40.4 Å². The lowest BCUT2D eigenvalue weighted by atomic mass is 10.0. The van der Waals surface area contributed by atoms with Crippen molar-refractivity contribution in [3.8, 4) is 0 Å². The minimum atomic E-state index is 0.251. The monoisotopic (exact) mass is 315 g/mol.